The van der Waals surface area contributed by atoms with Crippen LogP contribution in [-0.2, 0) is 0 Å². The van der Waals surface area contributed by atoms with E-state index >= 15 is 0 Å². The first-order chi connectivity index (χ1) is 8.04. The maximum atomic E-state index is 4.80. The number of hydrogen-bond acceptors (Lipinski definition) is 1. The van der Waals surface area contributed by atoms with Gasteiger partial charge >= 0.3 is 0 Å². The molecule has 0 aromatic carbocycles. The molecule has 0 radical (unpaired) electrons. The Balaban J connectivity index is 3.47. The quantitative estimate of drug-likeness (QED) is 0.328. The van der Waals surface area contributed by atoms with Crippen molar-refractivity contribution < 1.29 is 0 Å². The van der Waals surface area contributed by atoms with Crippen molar-refractivity contribution in [1.29, 1.82) is 0 Å². The lowest BCUT2D eigenvalue weighted by atomic mass is 9.82. The van der Waals surface area contributed by atoms with Crippen molar-refractivity contribution >= 4 is 12.6 Å². The summed E-state index contributed by atoms with van der Waals surface area (Å²) in [5, 5.41) is 0.582. The molecular formula is C16H34S. The summed E-state index contributed by atoms with van der Waals surface area (Å²) in [6.45, 7) is 9.29. The Labute approximate surface area is 115 Å². The largest absolute Gasteiger partial charge is 0.175 e. The Morgan fingerprint density at radius 2 is 1.35 bits per heavy atom. The molecule has 1 unspecified atom stereocenters. The first-order valence-corrected chi connectivity index (χ1v) is 8.24. The molecule has 1 atom stereocenters. The highest BCUT2D eigenvalue weighted by molar-refractivity contribution is 7.81. The molecule has 104 valence electrons. The van der Waals surface area contributed by atoms with E-state index in [1.807, 2.05) is 0 Å². The minimum Gasteiger partial charge on any atom is -0.175 e. The molecular weight excluding hydrogens is 224 g/mol. The summed E-state index contributed by atoms with van der Waals surface area (Å²) < 4.78 is 0. The molecule has 0 rings (SSSR count). The van der Waals surface area contributed by atoms with Gasteiger partial charge in [-0.1, -0.05) is 79.1 Å². The summed E-state index contributed by atoms with van der Waals surface area (Å²) in [6, 6.07) is 0. The maximum Gasteiger partial charge on any atom is 0.00680 e. The molecule has 0 amide bonds. The van der Waals surface area contributed by atoms with Gasteiger partial charge in [-0.05, 0) is 18.3 Å². The van der Waals surface area contributed by atoms with Crippen LogP contribution >= 0.6 is 12.6 Å². The Hall–Kier alpha value is 0.350. The van der Waals surface area contributed by atoms with Crippen LogP contribution in [0.2, 0.25) is 0 Å². The van der Waals surface area contributed by atoms with Gasteiger partial charge in [-0.25, -0.2) is 0 Å². The fourth-order valence-electron chi connectivity index (χ4n) is 2.50. The Bertz CT molecular complexity index is 163. The van der Waals surface area contributed by atoms with Crippen molar-refractivity contribution in [2.75, 3.05) is 0 Å². The fraction of sp³-hybridized carbons (Fsp3) is 1.00. The lowest BCUT2D eigenvalue weighted by molar-refractivity contribution is 0.304. The molecule has 0 aliphatic carbocycles. The number of hydrogen-bond donors (Lipinski definition) is 1. The van der Waals surface area contributed by atoms with Gasteiger partial charge in [-0.15, -0.1) is 0 Å². The fourth-order valence-corrected chi connectivity index (χ4v) is 2.81. The second-order valence-electron chi connectivity index (χ2n) is 6.16. The van der Waals surface area contributed by atoms with Gasteiger partial charge in [0, 0.05) is 5.25 Å². The van der Waals surface area contributed by atoms with Crippen molar-refractivity contribution in [3.05, 3.63) is 0 Å². The molecule has 0 aromatic rings. The van der Waals surface area contributed by atoms with Gasteiger partial charge in [0.2, 0.25) is 0 Å². The van der Waals surface area contributed by atoms with Crippen molar-refractivity contribution in [2.45, 2.75) is 97.2 Å². The van der Waals surface area contributed by atoms with Crippen LogP contribution in [0.3, 0.4) is 0 Å². The van der Waals surface area contributed by atoms with E-state index in [4.69, 9.17) is 12.6 Å². The van der Waals surface area contributed by atoms with Crippen LogP contribution < -0.4 is 0 Å². The van der Waals surface area contributed by atoms with E-state index in [0.29, 0.717) is 10.7 Å². The zero-order chi connectivity index (χ0) is 13.1. The monoisotopic (exact) mass is 258 g/mol. The number of thiol groups is 1. The van der Waals surface area contributed by atoms with Gasteiger partial charge in [0.15, 0.2) is 0 Å². The van der Waals surface area contributed by atoms with Gasteiger partial charge in [-0.3, -0.25) is 0 Å². The average Bonchev–Trinajstić information content (AvgIpc) is 2.27. The molecule has 0 heterocycles. The number of rotatable bonds is 11. The van der Waals surface area contributed by atoms with E-state index in [1.165, 1.54) is 64.2 Å². The van der Waals surface area contributed by atoms with Crippen LogP contribution in [0.15, 0.2) is 0 Å². The summed E-state index contributed by atoms with van der Waals surface area (Å²) >= 11 is 4.80. The second-order valence-corrected chi connectivity index (χ2v) is 6.79. The van der Waals surface area contributed by atoms with Crippen LogP contribution in [-0.4, -0.2) is 5.25 Å². The van der Waals surface area contributed by atoms with Crippen LogP contribution in [0.25, 0.3) is 0 Å². The molecule has 17 heavy (non-hydrogen) atoms. The maximum absolute atomic E-state index is 4.80. The van der Waals surface area contributed by atoms with Gasteiger partial charge in [0.05, 0.1) is 0 Å². The zero-order valence-corrected chi connectivity index (χ0v) is 13.5. The van der Waals surface area contributed by atoms with Crippen LogP contribution in [0.4, 0.5) is 0 Å². The molecule has 0 nitrogen and oxygen atoms in total. The van der Waals surface area contributed by atoms with Crippen LogP contribution in [0, 0.1) is 5.41 Å². The first kappa shape index (κ1) is 17.4. The summed E-state index contributed by atoms with van der Waals surface area (Å²) in [5.41, 5.74) is 0.417. The van der Waals surface area contributed by atoms with Gasteiger partial charge < -0.3 is 0 Å². The molecule has 0 aliphatic heterocycles. The molecule has 0 saturated carbocycles. The molecule has 0 saturated heterocycles. The van der Waals surface area contributed by atoms with Gasteiger partial charge in [0.25, 0.3) is 0 Å². The van der Waals surface area contributed by atoms with E-state index in [0.717, 1.165) is 0 Å². The van der Waals surface area contributed by atoms with E-state index < -0.39 is 0 Å². The van der Waals surface area contributed by atoms with Crippen molar-refractivity contribution in [3.8, 4) is 0 Å². The van der Waals surface area contributed by atoms with E-state index in [9.17, 15) is 0 Å². The highest BCUT2D eigenvalue weighted by atomic mass is 32.1. The number of unbranched alkanes of at least 4 members (excludes halogenated alkanes) is 6. The molecule has 1 heteroatoms. The smallest absolute Gasteiger partial charge is 0.00680 e. The van der Waals surface area contributed by atoms with Gasteiger partial charge in [-0.2, -0.15) is 12.6 Å². The SMILES string of the molecule is CCCCCCCCCC(S)C(C)(C)CCC. The predicted molar refractivity (Wildman–Crippen MR) is 84.1 cm³/mol. The molecule has 0 aromatic heterocycles. The highest BCUT2D eigenvalue weighted by Crippen LogP contribution is 2.33. The lowest BCUT2D eigenvalue weighted by Crippen LogP contribution is -2.24. The van der Waals surface area contributed by atoms with Crippen molar-refractivity contribution in [2.24, 2.45) is 5.41 Å². The predicted octanol–water partition coefficient (Wildman–Crippen LogP) is 6.25. The van der Waals surface area contributed by atoms with Crippen molar-refractivity contribution in [1.82, 2.24) is 0 Å². The topological polar surface area (TPSA) is 0 Å². The van der Waals surface area contributed by atoms with Crippen LogP contribution in [0.1, 0.15) is 91.9 Å². The second kappa shape index (κ2) is 10.3. The Kier molecular flexibility index (Phi) is 10.5. The molecule has 0 N–H and O–H groups in total. The molecule has 0 fully saturated rings. The molecule has 0 spiro atoms. The van der Waals surface area contributed by atoms with Crippen LogP contribution in [0.5, 0.6) is 0 Å². The lowest BCUT2D eigenvalue weighted by Gasteiger charge is -2.30. The summed E-state index contributed by atoms with van der Waals surface area (Å²) in [5.74, 6) is 0. The summed E-state index contributed by atoms with van der Waals surface area (Å²) in [6.07, 6.45) is 13.7. The highest BCUT2D eigenvalue weighted by Gasteiger charge is 2.24. The first-order valence-electron chi connectivity index (χ1n) is 7.72. The van der Waals surface area contributed by atoms with E-state index in [1.54, 1.807) is 0 Å². The third-order valence-electron chi connectivity index (χ3n) is 3.88. The minimum atomic E-state index is 0.417. The minimum absolute atomic E-state index is 0.417. The average molecular weight is 259 g/mol. The Morgan fingerprint density at radius 3 is 1.88 bits per heavy atom. The standard InChI is InChI=1S/C16H34S/c1-5-7-8-9-10-11-12-13-15(17)16(3,4)14-6-2/h15,17H,5-14H2,1-4H3. The molecule has 0 aliphatic rings. The van der Waals surface area contributed by atoms with Gasteiger partial charge in [0.1, 0.15) is 0 Å². The summed E-state index contributed by atoms with van der Waals surface area (Å²) in [7, 11) is 0. The van der Waals surface area contributed by atoms with E-state index in [2.05, 4.69) is 27.7 Å². The third kappa shape index (κ3) is 8.99. The normalized spacial score (nSPS) is 13.9. The third-order valence-corrected chi connectivity index (χ3v) is 4.83. The Morgan fingerprint density at radius 1 is 0.824 bits per heavy atom. The van der Waals surface area contributed by atoms with Crippen molar-refractivity contribution in [3.63, 3.8) is 0 Å². The summed E-state index contributed by atoms with van der Waals surface area (Å²) in [4.78, 5) is 0. The van der Waals surface area contributed by atoms with E-state index in [-0.39, 0.29) is 0 Å². The molecule has 0 bridgehead atoms. The zero-order valence-electron chi connectivity index (χ0n) is 12.6.